The summed E-state index contributed by atoms with van der Waals surface area (Å²) in [5.41, 5.74) is 5.80. The van der Waals surface area contributed by atoms with E-state index in [2.05, 4.69) is 23.4 Å². The van der Waals surface area contributed by atoms with E-state index in [1.54, 1.807) is 6.20 Å². The molecule has 14 heavy (non-hydrogen) atoms. The minimum Gasteiger partial charge on any atom is -0.369 e. The molecule has 3 nitrogen and oxygen atoms in total. The van der Waals surface area contributed by atoms with Crippen molar-refractivity contribution < 1.29 is 0 Å². The van der Waals surface area contributed by atoms with Crippen LogP contribution in [-0.4, -0.2) is 9.55 Å². The molecule has 0 spiro atoms. The molecule has 1 heterocycles. The van der Waals surface area contributed by atoms with Gasteiger partial charge in [0, 0.05) is 18.4 Å². The third-order valence-corrected chi connectivity index (χ3v) is 3.66. The lowest BCUT2D eigenvalue weighted by molar-refractivity contribution is 0.212. The van der Waals surface area contributed by atoms with Crippen molar-refractivity contribution in [3.8, 4) is 0 Å². The van der Waals surface area contributed by atoms with Gasteiger partial charge < -0.3 is 10.3 Å². The molecule has 1 aromatic heterocycles. The van der Waals surface area contributed by atoms with Gasteiger partial charge in [-0.3, -0.25) is 0 Å². The maximum absolute atomic E-state index is 5.80. The summed E-state index contributed by atoms with van der Waals surface area (Å²) < 4.78 is 2.13. The minimum atomic E-state index is 0.573. The number of anilines is 1. The third-order valence-electron chi connectivity index (χ3n) is 3.66. The van der Waals surface area contributed by atoms with E-state index in [0.717, 1.165) is 11.8 Å². The van der Waals surface area contributed by atoms with Crippen molar-refractivity contribution in [3.63, 3.8) is 0 Å². The zero-order valence-electron chi connectivity index (χ0n) is 8.98. The van der Waals surface area contributed by atoms with E-state index in [1.165, 1.54) is 19.3 Å². The summed E-state index contributed by atoms with van der Waals surface area (Å²) in [5, 5.41) is 0. The Bertz CT molecular complexity index is 305. The smallest absolute Gasteiger partial charge is 0.200 e. The van der Waals surface area contributed by atoms with Gasteiger partial charge in [-0.05, 0) is 31.1 Å². The molecule has 0 aromatic carbocycles. The van der Waals surface area contributed by atoms with E-state index in [0.29, 0.717) is 12.0 Å². The third kappa shape index (κ3) is 1.63. The predicted octanol–water partition coefficient (Wildman–Crippen LogP) is 2.46. The lowest BCUT2D eigenvalue weighted by atomic mass is 9.79. The normalized spacial score (nSPS) is 33.1. The van der Waals surface area contributed by atoms with Gasteiger partial charge in [-0.15, -0.1) is 0 Å². The number of hydrogen-bond acceptors (Lipinski definition) is 2. The highest BCUT2D eigenvalue weighted by molar-refractivity contribution is 5.18. The second-order valence-corrected chi connectivity index (χ2v) is 4.61. The van der Waals surface area contributed by atoms with Crippen LogP contribution in [0.15, 0.2) is 12.4 Å². The summed E-state index contributed by atoms with van der Waals surface area (Å²) in [6, 6.07) is 0.573. The second-order valence-electron chi connectivity index (χ2n) is 4.61. The van der Waals surface area contributed by atoms with E-state index in [9.17, 15) is 0 Å². The number of nitrogens with two attached hydrogens (primary N) is 1. The highest BCUT2D eigenvalue weighted by atomic mass is 15.2. The molecule has 3 heteroatoms. The van der Waals surface area contributed by atoms with Crippen molar-refractivity contribution in [2.75, 3.05) is 5.73 Å². The Morgan fingerprint density at radius 2 is 2.14 bits per heavy atom. The van der Waals surface area contributed by atoms with Crippen LogP contribution in [0.1, 0.15) is 39.2 Å². The maximum Gasteiger partial charge on any atom is 0.200 e. The Kier molecular flexibility index (Phi) is 2.48. The first-order chi connectivity index (χ1) is 6.68. The molecule has 0 aliphatic heterocycles. The molecule has 0 amide bonds. The molecule has 1 fully saturated rings. The molecule has 1 aromatic rings. The van der Waals surface area contributed by atoms with Gasteiger partial charge in [0.25, 0.3) is 0 Å². The van der Waals surface area contributed by atoms with Crippen LogP contribution in [0.3, 0.4) is 0 Å². The van der Waals surface area contributed by atoms with Gasteiger partial charge in [0.15, 0.2) is 5.95 Å². The number of nitrogen functional groups attached to an aromatic ring is 1. The van der Waals surface area contributed by atoms with Gasteiger partial charge >= 0.3 is 0 Å². The highest BCUT2D eigenvalue weighted by Gasteiger charge is 2.26. The maximum atomic E-state index is 5.80. The Morgan fingerprint density at radius 1 is 1.36 bits per heavy atom. The number of imidazole rings is 1. The van der Waals surface area contributed by atoms with Gasteiger partial charge in [-0.2, -0.15) is 0 Å². The molecule has 0 saturated heterocycles. The molecular weight excluding hydrogens is 174 g/mol. The van der Waals surface area contributed by atoms with Crippen LogP contribution < -0.4 is 5.73 Å². The van der Waals surface area contributed by atoms with Gasteiger partial charge in [0.1, 0.15) is 0 Å². The summed E-state index contributed by atoms with van der Waals surface area (Å²) >= 11 is 0. The molecule has 0 radical (unpaired) electrons. The first-order valence-electron chi connectivity index (χ1n) is 5.46. The lowest BCUT2D eigenvalue weighted by Crippen LogP contribution is -2.23. The van der Waals surface area contributed by atoms with E-state index < -0.39 is 0 Å². The quantitative estimate of drug-likeness (QED) is 0.744. The first-order valence-corrected chi connectivity index (χ1v) is 5.46. The first kappa shape index (κ1) is 9.56. The molecule has 2 N–H and O–H groups in total. The Hall–Kier alpha value is -0.990. The molecule has 2 rings (SSSR count). The monoisotopic (exact) mass is 193 g/mol. The second kappa shape index (κ2) is 3.64. The van der Waals surface area contributed by atoms with Gasteiger partial charge in [-0.25, -0.2) is 4.98 Å². The lowest BCUT2D eigenvalue weighted by Gasteiger charge is -2.33. The van der Waals surface area contributed by atoms with Crippen LogP contribution in [0.5, 0.6) is 0 Å². The fourth-order valence-electron chi connectivity index (χ4n) is 2.41. The molecule has 3 unspecified atom stereocenters. The van der Waals surface area contributed by atoms with Crippen LogP contribution in [0, 0.1) is 11.8 Å². The van der Waals surface area contributed by atoms with E-state index >= 15 is 0 Å². The van der Waals surface area contributed by atoms with Crippen molar-refractivity contribution in [2.45, 2.75) is 39.2 Å². The van der Waals surface area contributed by atoms with Crippen LogP contribution in [0.2, 0.25) is 0 Å². The summed E-state index contributed by atoms with van der Waals surface area (Å²) in [5.74, 6) is 2.32. The van der Waals surface area contributed by atoms with Crippen LogP contribution in [0.25, 0.3) is 0 Å². The van der Waals surface area contributed by atoms with Crippen molar-refractivity contribution in [3.05, 3.63) is 12.4 Å². The summed E-state index contributed by atoms with van der Waals surface area (Å²) in [4.78, 5) is 4.08. The Labute approximate surface area is 85.3 Å². The largest absolute Gasteiger partial charge is 0.369 e. The number of hydrogen-bond donors (Lipinski definition) is 1. The number of rotatable bonds is 1. The van der Waals surface area contributed by atoms with E-state index in [-0.39, 0.29) is 0 Å². The SMILES string of the molecule is CC1CCC(n2ccnc2N)CC1C. The average molecular weight is 193 g/mol. The fraction of sp³-hybridized carbons (Fsp3) is 0.727. The molecular formula is C11H19N3. The average Bonchev–Trinajstić information content (AvgIpc) is 2.57. The Balaban J connectivity index is 2.10. The molecule has 3 atom stereocenters. The van der Waals surface area contributed by atoms with Crippen molar-refractivity contribution in [2.24, 2.45) is 11.8 Å². The van der Waals surface area contributed by atoms with E-state index in [1.807, 2.05) is 6.20 Å². The van der Waals surface area contributed by atoms with Crippen molar-refractivity contribution in [1.82, 2.24) is 9.55 Å². The molecule has 1 saturated carbocycles. The fourth-order valence-corrected chi connectivity index (χ4v) is 2.41. The van der Waals surface area contributed by atoms with Gasteiger partial charge in [0.05, 0.1) is 0 Å². The molecule has 78 valence electrons. The van der Waals surface area contributed by atoms with Gasteiger partial charge in [-0.1, -0.05) is 13.8 Å². The Morgan fingerprint density at radius 3 is 2.71 bits per heavy atom. The van der Waals surface area contributed by atoms with Crippen molar-refractivity contribution in [1.29, 1.82) is 0 Å². The number of nitrogens with zero attached hydrogens (tertiary/aromatic N) is 2. The number of aromatic nitrogens is 2. The summed E-state index contributed by atoms with van der Waals surface area (Å²) in [6.45, 7) is 4.68. The highest BCUT2D eigenvalue weighted by Crippen LogP contribution is 2.36. The topological polar surface area (TPSA) is 43.8 Å². The molecule has 1 aliphatic rings. The minimum absolute atomic E-state index is 0.573. The zero-order chi connectivity index (χ0) is 10.1. The van der Waals surface area contributed by atoms with E-state index in [4.69, 9.17) is 5.73 Å². The summed E-state index contributed by atoms with van der Waals surface area (Å²) in [6.07, 6.45) is 7.58. The predicted molar refractivity (Wildman–Crippen MR) is 57.9 cm³/mol. The summed E-state index contributed by atoms with van der Waals surface area (Å²) in [7, 11) is 0. The van der Waals surface area contributed by atoms with Crippen LogP contribution in [0.4, 0.5) is 5.95 Å². The van der Waals surface area contributed by atoms with Crippen molar-refractivity contribution >= 4 is 5.95 Å². The standard InChI is InChI=1S/C11H19N3/c1-8-3-4-10(7-9(8)2)14-6-5-13-11(14)12/h5-6,8-10H,3-4,7H2,1-2H3,(H2,12,13). The van der Waals surface area contributed by atoms with Gasteiger partial charge in [0.2, 0.25) is 0 Å². The molecule has 1 aliphatic carbocycles. The van der Waals surface area contributed by atoms with Crippen LogP contribution in [-0.2, 0) is 0 Å². The molecule has 0 bridgehead atoms. The van der Waals surface area contributed by atoms with Crippen LogP contribution >= 0.6 is 0 Å². The zero-order valence-corrected chi connectivity index (χ0v) is 8.98.